The summed E-state index contributed by atoms with van der Waals surface area (Å²) in [4.78, 5) is 3.01. The van der Waals surface area contributed by atoms with Gasteiger partial charge in [-0.25, -0.2) is 8.78 Å². The van der Waals surface area contributed by atoms with Crippen molar-refractivity contribution in [1.29, 1.82) is 0 Å². The van der Waals surface area contributed by atoms with E-state index < -0.39 is 11.4 Å². The molecule has 1 unspecified atom stereocenters. The molecular formula is C13H25N2O7S-. The first-order chi connectivity index (χ1) is 11.2. The molecule has 0 fully saturated rings. The molecule has 0 aliphatic rings. The molecule has 0 radical (unpaired) electrons. The molecular weight excluding hydrogens is 328 g/mol. The van der Waals surface area contributed by atoms with E-state index in [9.17, 15) is 0 Å². The van der Waals surface area contributed by atoms with Gasteiger partial charge in [0.25, 0.3) is 0 Å². The van der Waals surface area contributed by atoms with Gasteiger partial charge in [0, 0.05) is 13.0 Å². The molecule has 0 saturated carbocycles. The molecule has 1 rings (SSSR count). The number of nitrogens with one attached hydrogen (secondary N) is 1. The van der Waals surface area contributed by atoms with Gasteiger partial charge in [0.15, 0.2) is 0 Å². The maximum Gasteiger partial charge on any atom is 0.241 e. The van der Waals surface area contributed by atoms with E-state index in [0.717, 1.165) is 32.6 Å². The Morgan fingerprint density at radius 1 is 1.09 bits per heavy atom. The Morgan fingerprint density at radius 3 is 2.13 bits per heavy atom. The van der Waals surface area contributed by atoms with Crippen molar-refractivity contribution in [3.63, 3.8) is 0 Å². The van der Waals surface area contributed by atoms with Crippen LogP contribution in [0.2, 0.25) is 0 Å². The summed E-state index contributed by atoms with van der Waals surface area (Å²) in [5.41, 5.74) is 0. The van der Waals surface area contributed by atoms with Crippen LogP contribution in [-0.2, 0) is 36.5 Å². The highest BCUT2D eigenvalue weighted by Gasteiger charge is 1.96. The maximum absolute atomic E-state index is 8.83. The zero-order valence-corrected chi connectivity index (χ0v) is 14.1. The third kappa shape index (κ3) is 17.3. The zero-order valence-electron chi connectivity index (χ0n) is 13.3. The standard InChI is InChI=1S/C13H24N2O3.H2O4S/c1-2-7-16-9-11-18-12-10-17-8-3-5-15-6-4-14-13-15;1-4-5(2)3/h4,6,13H,2-3,5,7-12H2,1H3;1H,(H,2,3)/p-1. The minimum atomic E-state index is -2.88. The molecule has 9 nitrogen and oxygen atoms in total. The predicted molar refractivity (Wildman–Crippen MR) is 78.4 cm³/mol. The molecule has 0 spiro atoms. The number of H-pyrrole nitrogens is 1. The van der Waals surface area contributed by atoms with Crippen molar-refractivity contribution in [2.24, 2.45) is 0 Å². The van der Waals surface area contributed by atoms with Gasteiger partial charge in [-0.1, -0.05) is 6.92 Å². The summed E-state index contributed by atoms with van der Waals surface area (Å²) >= 11 is -2.88. The average molecular weight is 353 g/mol. The number of nitrogens with zero attached hydrogens (tertiary/aromatic N) is 1. The van der Waals surface area contributed by atoms with Crippen molar-refractivity contribution in [3.8, 4) is 0 Å². The van der Waals surface area contributed by atoms with Crippen LogP contribution in [0.1, 0.15) is 19.8 Å². The van der Waals surface area contributed by atoms with E-state index in [0.29, 0.717) is 26.4 Å². The number of aryl methyl sites for hydroxylation is 1. The first kappa shape index (κ1) is 22.1. The molecule has 1 aromatic rings. The summed E-state index contributed by atoms with van der Waals surface area (Å²) in [6.45, 7) is 7.30. The van der Waals surface area contributed by atoms with E-state index in [-0.39, 0.29) is 0 Å². The van der Waals surface area contributed by atoms with E-state index in [1.165, 1.54) is 0 Å². The highest BCUT2D eigenvalue weighted by Crippen LogP contribution is 1.86. The van der Waals surface area contributed by atoms with Gasteiger partial charge in [0.05, 0.1) is 50.9 Å². The molecule has 0 amide bonds. The van der Waals surface area contributed by atoms with E-state index in [4.69, 9.17) is 28.2 Å². The number of imidazole rings is 1. The van der Waals surface area contributed by atoms with Crippen LogP contribution >= 0.6 is 0 Å². The van der Waals surface area contributed by atoms with Gasteiger partial charge in [0.1, 0.15) is 12.4 Å². The lowest BCUT2D eigenvalue weighted by molar-refractivity contribution is -0.696. The van der Waals surface area contributed by atoms with E-state index in [2.05, 4.69) is 20.8 Å². The molecule has 23 heavy (non-hydrogen) atoms. The third-order valence-electron chi connectivity index (χ3n) is 2.46. The maximum atomic E-state index is 8.83. The van der Waals surface area contributed by atoms with Crippen molar-refractivity contribution in [2.75, 3.05) is 39.6 Å². The van der Waals surface area contributed by atoms with Gasteiger partial charge in [-0.05, 0) is 6.42 Å². The fraction of sp³-hybridized carbons (Fsp3) is 0.769. The number of hydrogen-bond donors (Lipinski definition) is 1. The van der Waals surface area contributed by atoms with Crippen molar-refractivity contribution in [3.05, 3.63) is 18.7 Å². The first-order valence-corrected chi connectivity index (χ1v) is 8.35. The Hall–Kier alpha value is -0.880. The van der Waals surface area contributed by atoms with Crippen LogP contribution in [0.3, 0.4) is 0 Å². The van der Waals surface area contributed by atoms with Gasteiger partial charge < -0.3 is 28.4 Å². The van der Waals surface area contributed by atoms with Crippen LogP contribution in [0.5, 0.6) is 0 Å². The number of aromatic amines is 1. The molecule has 0 bridgehead atoms. The fourth-order valence-corrected chi connectivity index (χ4v) is 1.50. The van der Waals surface area contributed by atoms with Crippen LogP contribution in [0.25, 0.3) is 0 Å². The van der Waals surface area contributed by atoms with E-state index >= 15 is 0 Å². The van der Waals surface area contributed by atoms with Gasteiger partial charge in [-0.2, -0.15) is 0 Å². The van der Waals surface area contributed by atoms with E-state index in [1.54, 1.807) is 0 Å². The third-order valence-corrected chi connectivity index (χ3v) is 2.57. The lowest BCUT2D eigenvalue weighted by Crippen LogP contribution is -2.31. The summed E-state index contributed by atoms with van der Waals surface area (Å²) in [6.07, 6.45) is 7.94. The van der Waals surface area contributed by atoms with Crippen LogP contribution in [0.4, 0.5) is 0 Å². The second-order valence-corrected chi connectivity index (χ2v) is 4.86. The Kier molecular flexibility index (Phi) is 16.8. The molecule has 0 aliphatic heterocycles. The molecule has 10 heteroatoms. The second-order valence-electron chi connectivity index (χ2n) is 4.31. The normalized spacial score (nSPS) is 11.8. The molecule has 1 heterocycles. The lowest BCUT2D eigenvalue weighted by atomic mass is 10.4. The van der Waals surface area contributed by atoms with Crippen LogP contribution in [0.15, 0.2) is 18.7 Å². The highest BCUT2D eigenvalue weighted by atomic mass is 32.2. The van der Waals surface area contributed by atoms with Crippen molar-refractivity contribution in [1.82, 2.24) is 4.98 Å². The smallest absolute Gasteiger partial charge is 0.241 e. The van der Waals surface area contributed by atoms with Crippen molar-refractivity contribution < 1.29 is 37.1 Å². The van der Waals surface area contributed by atoms with E-state index in [1.807, 2.05) is 18.7 Å². The van der Waals surface area contributed by atoms with Crippen LogP contribution < -0.4 is 9.82 Å². The number of rotatable bonds is 13. The Morgan fingerprint density at radius 2 is 1.65 bits per heavy atom. The fourth-order valence-electron chi connectivity index (χ4n) is 1.50. The average Bonchev–Trinajstić information content (AvgIpc) is 3.06. The molecule has 136 valence electrons. The van der Waals surface area contributed by atoms with Crippen LogP contribution in [-0.4, -0.2) is 53.4 Å². The summed E-state index contributed by atoms with van der Waals surface area (Å²) in [5, 5.41) is 8.52. The monoisotopic (exact) mass is 353 g/mol. The van der Waals surface area contributed by atoms with Crippen molar-refractivity contribution >= 4 is 11.4 Å². The summed E-state index contributed by atoms with van der Waals surface area (Å²) in [7, 11) is 0. The molecule has 1 atom stereocenters. The van der Waals surface area contributed by atoms with Gasteiger partial charge in [0.2, 0.25) is 6.33 Å². The quantitative estimate of drug-likeness (QED) is 0.162. The molecule has 0 aromatic carbocycles. The Labute approximate surface area is 138 Å². The topological polar surface area (TPSA) is 120 Å². The predicted octanol–water partition coefficient (Wildman–Crippen LogP) is -0.775. The van der Waals surface area contributed by atoms with Gasteiger partial charge in [-0.3, -0.25) is 4.98 Å². The summed E-state index contributed by atoms with van der Waals surface area (Å²) in [6, 6.07) is 0. The first-order valence-electron chi connectivity index (χ1n) is 7.35. The lowest BCUT2D eigenvalue weighted by Gasteiger charge is -2.05. The molecule has 1 N–H and O–H groups in total. The Balaban J connectivity index is 0.000000841. The largest absolute Gasteiger partial charge is 0.750 e. The summed E-state index contributed by atoms with van der Waals surface area (Å²) in [5.74, 6) is 0. The zero-order chi connectivity index (χ0) is 17.2. The minimum Gasteiger partial charge on any atom is -0.750 e. The minimum absolute atomic E-state index is 0.646. The second kappa shape index (κ2) is 17.5. The highest BCUT2D eigenvalue weighted by molar-refractivity contribution is 7.73. The SMILES string of the molecule is CCCOCCOCCOCCC[n+]1cc[nH]c1.O=S([O-])O[O-]. The van der Waals surface area contributed by atoms with Crippen LogP contribution in [0, 0.1) is 0 Å². The number of hydrogen-bond acceptors (Lipinski definition) is 7. The van der Waals surface area contributed by atoms with Crippen molar-refractivity contribution in [2.45, 2.75) is 26.3 Å². The molecule has 0 aliphatic carbocycles. The summed E-state index contributed by atoms with van der Waals surface area (Å²) < 4.78 is 38.3. The molecule has 0 saturated heterocycles. The van der Waals surface area contributed by atoms with Gasteiger partial charge >= 0.3 is 0 Å². The number of ether oxygens (including phenoxy) is 3. The Bertz CT molecular complexity index is 365. The number of aromatic nitrogens is 2. The molecule has 1 aromatic heterocycles. The van der Waals surface area contributed by atoms with Gasteiger partial charge in [-0.15, -0.1) is 0 Å².